The molecule has 1 aliphatic rings. The second kappa shape index (κ2) is 9.37. The van der Waals surface area contributed by atoms with E-state index in [1.807, 2.05) is 0 Å². The first kappa shape index (κ1) is 20.6. The number of pyridine rings is 1. The number of carbonyl (C=O) groups excluding carboxylic acids is 2. The average Bonchev–Trinajstić information content (AvgIpc) is 3.19. The summed E-state index contributed by atoms with van der Waals surface area (Å²) in [7, 11) is 0. The zero-order chi connectivity index (χ0) is 20.1. The summed E-state index contributed by atoms with van der Waals surface area (Å²) in [6.45, 7) is 3.53. The van der Waals surface area contributed by atoms with Crippen LogP contribution in [-0.4, -0.2) is 36.7 Å². The van der Waals surface area contributed by atoms with Gasteiger partial charge in [-0.15, -0.1) is 0 Å². The summed E-state index contributed by atoms with van der Waals surface area (Å²) < 4.78 is 10.7. The molecule has 0 saturated carbocycles. The summed E-state index contributed by atoms with van der Waals surface area (Å²) in [6, 6.07) is 6.97. The molecule has 3 rings (SSSR count). The van der Waals surface area contributed by atoms with E-state index in [9.17, 15) is 9.59 Å². The van der Waals surface area contributed by atoms with E-state index in [2.05, 4.69) is 10.3 Å². The minimum absolute atomic E-state index is 0.162. The third-order valence-corrected chi connectivity index (χ3v) is 5.16. The molecule has 1 aromatic heterocycles. The number of halogens is 2. The number of ether oxygens (including phenoxy) is 2. The third kappa shape index (κ3) is 5.01. The Morgan fingerprint density at radius 2 is 1.93 bits per heavy atom. The lowest BCUT2D eigenvalue weighted by molar-refractivity contribution is -0.146. The number of esters is 1. The van der Waals surface area contributed by atoms with Gasteiger partial charge in [0.05, 0.1) is 34.7 Å². The molecule has 28 heavy (non-hydrogen) atoms. The van der Waals surface area contributed by atoms with Gasteiger partial charge in [-0.3, -0.25) is 14.6 Å². The number of carbonyl (C=O) groups is 2. The highest BCUT2D eigenvalue weighted by atomic mass is 35.5. The van der Waals surface area contributed by atoms with E-state index < -0.39 is 11.8 Å². The van der Waals surface area contributed by atoms with E-state index in [1.54, 1.807) is 31.2 Å². The van der Waals surface area contributed by atoms with Crippen molar-refractivity contribution >= 4 is 40.8 Å². The highest BCUT2D eigenvalue weighted by molar-refractivity contribution is 6.40. The first-order chi connectivity index (χ1) is 13.5. The highest BCUT2D eigenvalue weighted by Gasteiger charge is 2.21. The minimum Gasteiger partial charge on any atom is -0.465 e. The van der Waals surface area contributed by atoms with Gasteiger partial charge in [0.15, 0.2) is 0 Å². The molecule has 1 aromatic carbocycles. The van der Waals surface area contributed by atoms with E-state index in [4.69, 9.17) is 32.7 Å². The molecule has 1 fully saturated rings. The van der Waals surface area contributed by atoms with Gasteiger partial charge in [-0.2, -0.15) is 0 Å². The van der Waals surface area contributed by atoms with Crippen molar-refractivity contribution in [1.29, 1.82) is 0 Å². The Bertz CT molecular complexity index is 832. The molecular weight excluding hydrogens is 403 g/mol. The SMILES string of the molecule is CC(C(=O)OCC1CCOC1)c1ccc(NC(=O)c2c(Cl)cncc2Cl)cc1. The maximum absolute atomic E-state index is 12.4. The highest BCUT2D eigenvalue weighted by Crippen LogP contribution is 2.25. The van der Waals surface area contributed by atoms with Crippen LogP contribution in [0.15, 0.2) is 36.7 Å². The maximum atomic E-state index is 12.4. The van der Waals surface area contributed by atoms with Crippen LogP contribution in [0.3, 0.4) is 0 Å². The Morgan fingerprint density at radius 3 is 2.54 bits per heavy atom. The van der Waals surface area contributed by atoms with Crippen LogP contribution in [-0.2, 0) is 14.3 Å². The van der Waals surface area contributed by atoms with Gasteiger partial charge in [-0.1, -0.05) is 35.3 Å². The molecule has 148 valence electrons. The summed E-state index contributed by atoms with van der Waals surface area (Å²) in [5.74, 6) is -0.841. The topological polar surface area (TPSA) is 77.5 Å². The molecule has 2 atom stereocenters. The molecular formula is C20H20Cl2N2O4. The van der Waals surface area contributed by atoms with Crippen LogP contribution in [0.5, 0.6) is 0 Å². The van der Waals surface area contributed by atoms with Crippen molar-refractivity contribution in [3.8, 4) is 0 Å². The molecule has 1 amide bonds. The Morgan fingerprint density at radius 1 is 1.25 bits per heavy atom. The Kier molecular flexibility index (Phi) is 6.88. The number of amides is 1. The average molecular weight is 423 g/mol. The maximum Gasteiger partial charge on any atom is 0.313 e. The lowest BCUT2D eigenvalue weighted by atomic mass is 10.0. The van der Waals surface area contributed by atoms with Gasteiger partial charge in [0, 0.05) is 30.6 Å². The second-order valence-electron chi connectivity index (χ2n) is 6.64. The number of aromatic nitrogens is 1. The van der Waals surface area contributed by atoms with Crippen LogP contribution in [0.2, 0.25) is 10.0 Å². The molecule has 0 bridgehead atoms. The summed E-state index contributed by atoms with van der Waals surface area (Å²) >= 11 is 12.0. The van der Waals surface area contributed by atoms with Crippen LogP contribution < -0.4 is 5.32 Å². The van der Waals surface area contributed by atoms with Gasteiger partial charge >= 0.3 is 5.97 Å². The lowest BCUT2D eigenvalue weighted by Gasteiger charge is -2.15. The molecule has 2 aromatic rings. The molecule has 0 radical (unpaired) electrons. The standard InChI is InChI=1S/C20H20Cl2N2O4/c1-12(20(26)28-11-13-6-7-27-10-13)14-2-4-15(5-3-14)24-19(25)18-16(21)8-23-9-17(18)22/h2-5,8-9,12-13H,6-7,10-11H2,1H3,(H,24,25). The van der Waals surface area contributed by atoms with E-state index in [-0.39, 0.29) is 27.5 Å². The first-order valence-corrected chi connectivity index (χ1v) is 9.66. The number of rotatable bonds is 6. The van der Waals surface area contributed by atoms with Crippen LogP contribution >= 0.6 is 23.2 Å². The Hall–Kier alpha value is -2.15. The van der Waals surface area contributed by atoms with Gasteiger partial charge < -0.3 is 14.8 Å². The number of benzene rings is 1. The summed E-state index contributed by atoms with van der Waals surface area (Å²) in [5, 5.41) is 3.08. The minimum atomic E-state index is -0.434. The number of nitrogens with one attached hydrogen (secondary N) is 1. The summed E-state index contributed by atoms with van der Waals surface area (Å²) in [6.07, 6.45) is 3.63. The lowest BCUT2D eigenvalue weighted by Crippen LogP contribution is -2.18. The zero-order valence-corrected chi connectivity index (χ0v) is 16.8. The zero-order valence-electron chi connectivity index (χ0n) is 15.3. The van der Waals surface area contributed by atoms with Gasteiger partial charge in [-0.05, 0) is 31.0 Å². The fraction of sp³-hybridized carbons (Fsp3) is 0.350. The molecule has 2 heterocycles. The normalized spacial score (nSPS) is 17.2. The predicted molar refractivity (Wildman–Crippen MR) is 107 cm³/mol. The predicted octanol–water partition coefficient (Wildman–Crippen LogP) is 4.32. The monoisotopic (exact) mass is 422 g/mol. The smallest absolute Gasteiger partial charge is 0.313 e. The molecule has 1 saturated heterocycles. The molecule has 6 nitrogen and oxygen atoms in total. The largest absolute Gasteiger partial charge is 0.465 e. The van der Waals surface area contributed by atoms with Crippen molar-refractivity contribution in [2.24, 2.45) is 5.92 Å². The van der Waals surface area contributed by atoms with E-state index >= 15 is 0 Å². The molecule has 0 aliphatic carbocycles. The number of hydrogen-bond acceptors (Lipinski definition) is 5. The Balaban J connectivity index is 1.59. The molecule has 0 spiro atoms. The van der Waals surface area contributed by atoms with E-state index in [0.29, 0.717) is 18.9 Å². The van der Waals surface area contributed by atoms with Gasteiger partial charge in [0.1, 0.15) is 0 Å². The quantitative estimate of drug-likeness (QED) is 0.701. The van der Waals surface area contributed by atoms with Crippen molar-refractivity contribution < 1.29 is 19.1 Å². The van der Waals surface area contributed by atoms with Crippen molar-refractivity contribution in [3.63, 3.8) is 0 Å². The van der Waals surface area contributed by atoms with Crippen molar-refractivity contribution in [2.45, 2.75) is 19.3 Å². The fourth-order valence-corrected chi connectivity index (χ4v) is 3.39. The molecule has 1 N–H and O–H groups in total. The second-order valence-corrected chi connectivity index (χ2v) is 7.45. The first-order valence-electron chi connectivity index (χ1n) is 8.90. The van der Waals surface area contributed by atoms with Crippen LogP contribution in [0.4, 0.5) is 5.69 Å². The van der Waals surface area contributed by atoms with E-state index in [1.165, 1.54) is 12.4 Å². The van der Waals surface area contributed by atoms with Gasteiger partial charge in [-0.25, -0.2) is 0 Å². The van der Waals surface area contributed by atoms with Crippen molar-refractivity contribution in [3.05, 3.63) is 57.8 Å². The number of anilines is 1. The van der Waals surface area contributed by atoms with Crippen LogP contribution in [0.1, 0.15) is 35.2 Å². The molecule has 1 aliphatic heterocycles. The van der Waals surface area contributed by atoms with Gasteiger partial charge in [0.25, 0.3) is 5.91 Å². The number of nitrogens with zero attached hydrogens (tertiary/aromatic N) is 1. The van der Waals surface area contributed by atoms with Crippen molar-refractivity contribution in [2.75, 3.05) is 25.1 Å². The fourth-order valence-electron chi connectivity index (χ4n) is 2.85. The van der Waals surface area contributed by atoms with Gasteiger partial charge in [0.2, 0.25) is 0 Å². The molecule has 8 heteroatoms. The molecule has 2 unspecified atom stereocenters. The van der Waals surface area contributed by atoms with Crippen LogP contribution in [0.25, 0.3) is 0 Å². The Labute approximate surface area is 173 Å². The summed E-state index contributed by atoms with van der Waals surface area (Å²) in [4.78, 5) is 28.5. The van der Waals surface area contributed by atoms with Crippen LogP contribution in [0, 0.1) is 5.92 Å². The summed E-state index contributed by atoms with van der Waals surface area (Å²) in [5.41, 5.74) is 1.52. The third-order valence-electron chi connectivity index (χ3n) is 4.59. The number of hydrogen-bond donors (Lipinski definition) is 1. The van der Waals surface area contributed by atoms with E-state index in [0.717, 1.165) is 18.6 Å². The van der Waals surface area contributed by atoms with Crippen molar-refractivity contribution in [1.82, 2.24) is 4.98 Å².